The minimum Gasteiger partial charge on any atom is -0.364 e. The summed E-state index contributed by atoms with van der Waals surface area (Å²) in [5.74, 6) is 1.05. The molecule has 12 heavy (non-hydrogen) atoms. The van der Waals surface area contributed by atoms with Crippen LogP contribution in [0.15, 0.2) is 34.6 Å². The Balaban J connectivity index is 2.27. The van der Waals surface area contributed by atoms with Gasteiger partial charge in [-0.15, -0.1) is 11.8 Å². The van der Waals surface area contributed by atoms with E-state index in [1.807, 2.05) is 6.07 Å². The van der Waals surface area contributed by atoms with Crippen molar-refractivity contribution in [3.8, 4) is 0 Å². The van der Waals surface area contributed by atoms with Gasteiger partial charge in [0.05, 0.1) is 0 Å². The van der Waals surface area contributed by atoms with Gasteiger partial charge in [0.25, 0.3) is 0 Å². The van der Waals surface area contributed by atoms with Crippen LogP contribution in [0.2, 0.25) is 0 Å². The van der Waals surface area contributed by atoms with Gasteiger partial charge in [0.1, 0.15) is 12.0 Å². The molecular formula is C9H9NOS. The van der Waals surface area contributed by atoms with Gasteiger partial charge in [-0.25, -0.2) is 0 Å². The van der Waals surface area contributed by atoms with E-state index >= 15 is 0 Å². The standard InChI is InChI=1S/C9H9NOS/c1-7-2-3-9(12-6-7)8-4-5-11-10-8/h2-5H,6H2,1H3. The molecule has 0 saturated heterocycles. The highest BCUT2D eigenvalue weighted by Gasteiger charge is 2.08. The van der Waals surface area contributed by atoms with Gasteiger partial charge in [-0.2, -0.15) is 0 Å². The highest BCUT2D eigenvalue weighted by Crippen LogP contribution is 2.31. The second kappa shape index (κ2) is 3.19. The molecule has 0 unspecified atom stereocenters. The van der Waals surface area contributed by atoms with Crippen molar-refractivity contribution in [3.63, 3.8) is 0 Å². The summed E-state index contributed by atoms with van der Waals surface area (Å²) in [5.41, 5.74) is 2.33. The first-order valence-corrected chi connectivity index (χ1v) is 4.76. The Morgan fingerprint density at radius 1 is 1.50 bits per heavy atom. The lowest BCUT2D eigenvalue weighted by atomic mass is 10.3. The highest BCUT2D eigenvalue weighted by molar-refractivity contribution is 8.08. The van der Waals surface area contributed by atoms with Crippen molar-refractivity contribution >= 4 is 16.7 Å². The zero-order valence-corrected chi connectivity index (χ0v) is 7.60. The number of nitrogens with zero attached hydrogens (tertiary/aromatic N) is 1. The molecule has 2 rings (SSSR count). The van der Waals surface area contributed by atoms with Crippen LogP contribution >= 0.6 is 11.8 Å². The Morgan fingerprint density at radius 3 is 3.00 bits per heavy atom. The van der Waals surface area contributed by atoms with Crippen LogP contribution in [0.3, 0.4) is 0 Å². The first kappa shape index (κ1) is 7.68. The number of rotatable bonds is 1. The molecule has 0 atom stereocenters. The first-order valence-electron chi connectivity index (χ1n) is 3.77. The topological polar surface area (TPSA) is 26.0 Å². The lowest BCUT2D eigenvalue weighted by molar-refractivity contribution is 0.418. The molecule has 0 fully saturated rings. The van der Waals surface area contributed by atoms with Crippen LogP contribution in [0.1, 0.15) is 12.6 Å². The molecule has 1 aromatic heterocycles. The fraction of sp³-hybridized carbons (Fsp3) is 0.222. The third-order valence-electron chi connectivity index (χ3n) is 1.66. The molecule has 0 aliphatic carbocycles. The van der Waals surface area contributed by atoms with E-state index in [-0.39, 0.29) is 0 Å². The lowest BCUT2D eigenvalue weighted by Gasteiger charge is -2.07. The molecule has 0 bridgehead atoms. The van der Waals surface area contributed by atoms with E-state index in [9.17, 15) is 0 Å². The molecule has 2 heterocycles. The van der Waals surface area contributed by atoms with Gasteiger partial charge < -0.3 is 4.52 Å². The Bertz CT molecular complexity index is 324. The second-order valence-corrected chi connectivity index (χ2v) is 3.73. The molecule has 2 nitrogen and oxygen atoms in total. The maximum atomic E-state index is 4.77. The molecule has 0 radical (unpaired) electrons. The van der Waals surface area contributed by atoms with E-state index in [0.717, 1.165) is 11.4 Å². The second-order valence-electron chi connectivity index (χ2n) is 2.72. The minimum absolute atomic E-state index is 0.934. The van der Waals surface area contributed by atoms with Gasteiger partial charge in [-0.1, -0.05) is 16.8 Å². The van der Waals surface area contributed by atoms with Crippen molar-refractivity contribution in [1.29, 1.82) is 0 Å². The number of hydrogen-bond acceptors (Lipinski definition) is 3. The highest BCUT2D eigenvalue weighted by atomic mass is 32.2. The van der Waals surface area contributed by atoms with Crippen LogP contribution in [-0.4, -0.2) is 10.9 Å². The quantitative estimate of drug-likeness (QED) is 0.663. The molecule has 62 valence electrons. The van der Waals surface area contributed by atoms with E-state index in [2.05, 4.69) is 24.2 Å². The van der Waals surface area contributed by atoms with Crippen LogP contribution in [-0.2, 0) is 0 Å². The molecule has 1 aromatic rings. The van der Waals surface area contributed by atoms with Gasteiger partial charge >= 0.3 is 0 Å². The molecule has 0 spiro atoms. The average molecular weight is 179 g/mol. The molecule has 0 aromatic carbocycles. The van der Waals surface area contributed by atoms with Crippen molar-refractivity contribution in [2.24, 2.45) is 0 Å². The predicted molar refractivity (Wildman–Crippen MR) is 50.7 cm³/mol. The van der Waals surface area contributed by atoms with Gasteiger partial charge in [0.2, 0.25) is 0 Å². The lowest BCUT2D eigenvalue weighted by Crippen LogP contribution is -1.89. The van der Waals surface area contributed by atoms with Crippen molar-refractivity contribution < 1.29 is 4.52 Å². The van der Waals surface area contributed by atoms with Crippen LogP contribution < -0.4 is 0 Å². The van der Waals surface area contributed by atoms with E-state index in [1.165, 1.54) is 10.5 Å². The van der Waals surface area contributed by atoms with Crippen molar-refractivity contribution in [2.45, 2.75) is 6.92 Å². The van der Waals surface area contributed by atoms with Crippen LogP contribution in [0.25, 0.3) is 4.91 Å². The Kier molecular flexibility index (Phi) is 2.04. The number of allylic oxidation sites excluding steroid dienone is 2. The molecule has 0 N–H and O–H groups in total. The molecule has 0 saturated carbocycles. The van der Waals surface area contributed by atoms with Crippen molar-refractivity contribution in [2.75, 3.05) is 5.75 Å². The molecular weight excluding hydrogens is 170 g/mol. The van der Waals surface area contributed by atoms with Crippen molar-refractivity contribution in [1.82, 2.24) is 5.16 Å². The van der Waals surface area contributed by atoms with Crippen LogP contribution in [0, 0.1) is 0 Å². The Labute approximate surface area is 75.3 Å². The summed E-state index contributed by atoms with van der Waals surface area (Å²) in [6, 6.07) is 1.88. The smallest absolute Gasteiger partial charge is 0.124 e. The predicted octanol–water partition coefficient (Wildman–Crippen LogP) is 2.71. The third-order valence-corrected chi connectivity index (χ3v) is 2.92. The molecule has 1 aliphatic rings. The van der Waals surface area contributed by atoms with Gasteiger partial charge in [-0.05, 0) is 13.0 Å². The van der Waals surface area contributed by atoms with E-state index < -0.39 is 0 Å². The zero-order valence-electron chi connectivity index (χ0n) is 6.78. The summed E-state index contributed by atoms with van der Waals surface area (Å²) in [5, 5.41) is 3.87. The van der Waals surface area contributed by atoms with Crippen LogP contribution in [0.4, 0.5) is 0 Å². The number of hydrogen-bond donors (Lipinski definition) is 0. The van der Waals surface area contributed by atoms with Gasteiger partial charge in [-0.3, -0.25) is 0 Å². The average Bonchev–Trinajstić information content (AvgIpc) is 2.58. The van der Waals surface area contributed by atoms with Gasteiger partial charge in [0, 0.05) is 16.7 Å². The maximum Gasteiger partial charge on any atom is 0.124 e. The summed E-state index contributed by atoms with van der Waals surface area (Å²) in [4.78, 5) is 1.19. The Morgan fingerprint density at radius 2 is 2.42 bits per heavy atom. The fourth-order valence-corrected chi connectivity index (χ4v) is 1.90. The van der Waals surface area contributed by atoms with E-state index in [1.54, 1.807) is 18.0 Å². The Hall–Kier alpha value is -0.960. The fourth-order valence-electron chi connectivity index (χ4n) is 1.00. The van der Waals surface area contributed by atoms with Crippen molar-refractivity contribution in [3.05, 3.63) is 35.7 Å². The summed E-state index contributed by atoms with van der Waals surface area (Å²) >= 11 is 1.80. The zero-order chi connectivity index (χ0) is 8.39. The van der Waals surface area contributed by atoms with E-state index in [0.29, 0.717) is 0 Å². The largest absolute Gasteiger partial charge is 0.364 e. The molecule has 0 amide bonds. The summed E-state index contributed by atoms with van der Waals surface area (Å²) in [7, 11) is 0. The third kappa shape index (κ3) is 1.46. The number of aromatic nitrogens is 1. The van der Waals surface area contributed by atoms with Crippen LogP contribution in [0.5, 0.6) is 0 Å². The molecule has 3 heteroatoms. The monoisotopic (exact) mass is 179 g/mol. The SMILES string of the molecule is CC1=CC=C(c2ccon2)SC1. The number of thioether (sulfide) groups is 1. The minimum atomic E-state index is 0.934. The summed E-state index contributed by atoms with van der Waals surface area (Å²) < 4.78 is 4.77. The van der Waals surface area contributed by atoms with Gasteiger partial charge in [0.15, 0.2) is 0 Å². The normalized spacial score (nSPS) is 17.1. The summed E-state index contributed by atoms with van der Waals surface area (Å²) in [6.45, 7) is 2.13. The molecule has 1 aliphatic heterocycles. The maximum absolute atomic E-state index is 4.77. The summed E-state index contributed by atoms with van der Waals surface area (Å²) in [6.07, 6.45) is 5.81. The van der Waals surface area contributed by atoms with E-state index in [4.69, 9.17) is 4.52 Å². The first-order chi connectivity index (χ1) is 5.86.